The zero-order valence-corrected chi connectivity index (χ0v) is 19.8. The molecule has 0 aliphatic heterocycles. The summed E-state index contributed by atoms with van der Waals surface area (Å²) in [5.41, 5.74) is -3.60. The van der Waals surface area contributed by atoms with Gasteiger partial charge in [-0.1, -0.05) is 32.9 Å². The van der Waals surface area contributed by atoms with Crippen LogP contribution in [-0.2, 0) is 38.6 Å². The molecule has 2 aromatic carbocycles. The van der Waals surface area contributed by atoms with Gasteiger partial charge in [0.05, 0.1) is 16.8 Å². The van der Waals surface area contributed by atoms with Crippen molar-refractivity contribution in [3.63, 3.8) is 0 Å². The summed E-state index contributed by atoms with van der Waals surface area (Å²) < 4.78 is 77.2. The van der Waals surface area contributed by atoms with Gasteiger partial charge in [0.2, 0.25) is 0 Å². The second-order valence-corrected chi connectivity index (χ2v) is 10.7. The molecule has 0 fully saturated rings. The molecule has 0 radical (unpaired) electrons. The molecule has 0 spiro atoms. The van der Waals surface area contributed by atoms with E-state index in [1.807, 2.05) is 20.8 Å². The van der Waals surface area contributed by atoms with Gasteiger partial charge in [0.25, 0.3) is 0 Å². The molecule has 0 aromatic heterocycles. The molecule has 0 unspecified atom stereocenters. The van der Waals surface area contributed by atoms with E-state index in [0.29, 0.717) is 17.7 Å². The van der Waals surface area contributed by atoms with Gasteiger partial charge in [-0.25, -0.2) is 0 Å². The molecule has 2 rings (SSSR count). The fourth-order valence-electron chi connectivity index (χ4n) is 2.33. The Kier molecular flexibility index (Phi) is 9.39. The van der Waals surface area contributed by atoms with Gasteiger partial charge in [-0.15, -0.1) is 5.11 Å². The van der Waals surface area contributed by atoms with Crippen LogP contribution in [0.2, 0.25) is 0 Å². The van der Waals surface area contributed by atoms with E-state index in [9.17, 15) is 31.4 Å². The Labute approximate surface area is 187 Å². The number of azo groups is 1. The first-order valence-electron chi connectivity index (χ1n) is 8.11. The number of rotatable bonds is 2. The Morgan fingerprint density at radius 1 is 0.833 bits per heavy atom. The first-order chi connectivity index (χ1) is 13.6. The zero-order chi connectivity index (χ0) is 23.3. The fraction of sp³-hybridized carbons (Fsp3) is 0.333. The van der Waals surface area contributed by atoms with Gasteiger partial charge in [0.15, 0.2) is 0 Å². The van der Waals surface area contributed by atoms with Crippen LogP contribution in [0.5, 0.6) is 5.75 Å². The van der Waals surface area contributed by atoms with Crippen LogP contribution >= 0.6 is 17.0 Å². The van der Waals surface area contributed by atoms with Crippen LogP contribution in [-0.4, -0.2) is 5.11 Å². The minimum absolute atomic E-state index is 0.0106. The van der Waals surface area contributed by atoms with E-state index in [4.69, 9.17) is 17.0 Å². The number of hydrogen-bond acceptors (Lipinski definition) is 3. The van der Waals surface area contributed by atoms with Gasteiger partial charge in [-0.05, 0) is 29.7 Å². The number of aromatic hydroxyl groups is 1. The summed E-state index contributed by atoms with van der Waals surface area (Å²) in [6, 6.07) is 5.48. The molecule has 0 aliphatic rings. The van der Waals surface area contributed by atoms with Crippen molar-refractivity contribution < 1.29 is 52.3 Å². The maximum atomic E-state index is 12.9. The molecule has 0 amide bonds. The van der Waals surface area contributed by atoms with Crippen molar-refractivity contribution in [2.24, 2.45) is 10.2 Å². The first-order valence-corrected chi connectivity index (χ1v) is 14.4. The second-order valence-electron chi connectivity index (χ2n) is 6.96. The third kappa shape index (κ3) is 7.86. The Morgan fingerprint density at radius 3 is 1.70 bits per heavy atom. The third-order valence-electron chi connectivity index (χ3n) is 3.67. The molecule has 3 nitrogen and oxygen atoms in total. The summed E-state index contributed by atoms with van der Waals surface area (Å²) in [7, 11) is 9.87. The number of hydrogen-bond donors (Lipinski definition) is 1. The summed E-state index contributed by atoms with van der Waals surface area (Å²) in [6.07, 6.45) is -9.94. The summed E-state index contributed by atoms with van der Waals surface area (Å²) in [5, 5.41) is 17.4. The Hall–Kier alpha value is -1.12. The molecule has 0 saturated heterocycles. The van der Waals surface area contributed by atoms with E-state index in [2.05, 4.69) is 10.2 Å². The monoisotopic (exact) mass is 550 g/mol. The van der Waals surface area contributed by atoms with Crippen molar-refractivity contribution in [3.05, 3.63) is 53.1 Å². The molecule has 0 heterocycles. The predicted molar refractivity (Wildman–Crippen MR) is 99.1 cm³/mol. The van der Waals surface area contributed by atoms with Gasteiger partial charge in [-0.2, -0.15) is 31.5 Å². The van der Waals surface area contributed by atoms with E-state index in [-0.39, 0.29) is 17.5 Å². The predicted octanol–water partition coefficient (Wildman–Crippen LogP) is 8.52. The van der Waals surface area contributed by atoms with Crippen molar-refractivity contribution >= 4 is 28.4 Å². The molecule has 0 atom stereocenters. The SMILES string of the molecule is CC(C)(C)c1cccc(N=Nc2cc(C(F)(F)F)cc(C(F)(F)F)c2)c1O.[Cl][Zr][Cl]. The number of nitrogens with zero attached hydrogens (tertiary/aromatic N) is 2. The number of para-hydroxylation sites is 1. The molecule has 30 heavy (non-hydrogen) atoms. The van der Waals surface area contributed by atoms with E-state index in [0.717, 1.165) is 0 Å². The van der Waals surface area contributed by atoms with Gasteiger partial charge < -0.3 is 5.11 Å². The van der Waals surface area contributed by atoms with Crippen molar-refractivity contribution in [2.45, 2.75) is 38.5 Å². The maximum absolute atomic E-state index is 12.9. The average molecular weight is 552 g/mol. The van der Waals surface area contributed by atoms with E-state index >= 15 is 0 Å². The van der Waals surface area contributed by atoms with Crippen LogP contribution in [0.3, 0.4) is 0 Å². The van der Waals surface area contributed by atoms with Crippen LogP contribution in [0.4, 0.5) is 37.7 Å². The van der Waals surface area contributed by atoms with Crippen molar-refractivity contribution in [1.29, 1.82) is 0 Å². The van der Waals surface area contributed by atoms with Crippen molar-refractivity contribution in [3.8, 4) is 5.75 Å². The van der Waals surface area contributed by atoms with Crippen molar-refractivity contribution in [2.75, 3.05) is 0 Å². The summed E-state index contributed by atoms with van der Waals surface area (Å²) in [4.78, 5) is 0. The van der Waals surface area contributed by atoms with Gasteiger partial charge in [0, 0.05) is 5.56 Å². The van der Waals surface area contributed by atoms with E-state index in [1.54, 1.807) is 12.1 Å². The van der Waals surface area contributed by atoms with Crippen LogP contribution in [0.15, 0.2) is 46.6 Å². The fourth-order valence-corrected chi connectivity index (χ4v) is 2.33. The normalized spacial score (nSPS) is 12.5. The summed E-state index contributed by atoms with van der Waals surface area (Å²) >= 11 is -0.826. The van der Waals surface area contributed by atoms with E-state index < -0.39 is 55.4 Å². The molecule has 164 valence electrons. The molecule has 0 saturated carbocycles. The second kappa shape index (κ2) is 10.5. The average Bonchev–Trinajstić information content (AvgIpc) is 2.59. The Morgan fingerprint density at radius 2 is 1.30 bits per heavy atom. The Balaban J connectivity index is 0.00000141. The minimum atomic E-state index is -4.97. The standard InChI is InChI=1S/C18H16F6N2O.2ClH.Zr/c1-16(2,3)13-5-4-6-14(15(13)27)26-25-12-8-10(17(19,20)21)7-11(9-12)18(22,23)24;;;/h4-9,27H,1-3H3;2*1H;/q;;;+2/p-2. The van der Waals surface area contributed by atoms with Crippen LogP contribution in [0.25, 0.3) is 0 Å². The van der Waals surface area contributed by atoms with Gasteiger partial charge in [0.1, 0.15) is 11.4 Å². The summed E-state index contributed by atoms with van der Waals surface area (Å²) in [5.74, 6) is -0.239. The van der Waals surface area contributed by atoms with Crippen LogP contribution in [0, 0.1) is 0 Å². The molecule has 2 aromatic rings. The van der Waals surface area contributed by atoms with E-state index in [1.165, 1.54) is 6.07 Å². The topological polar surface area (TPSA) is 45.0 Å². The molecular formula is C18H16Cl2F6N2OZr. The molecule has 0 aliphatic carbocycles. The number of alkyl halides is 6. The third-order valence-corrected chi connectivity index (χ3v) is 3.67. The number of benzene rings is 2. The number of halogens is 8. The van der Waals surface area contributed by atoms with Gasteiger partial charge in [-0.3, -0.25) is 0 Å². The molecular weight excluding hydrogens is 536 g/mol. The summed E-state index contributed by atoms with van der Waals surface area (Å²) in [6.45, 7) is 5.47. The quantitative estimate of drug-likeness (QED) is 0.295. The molecule has 0 bridgehead atoms. The van der Waals surface area contributed by atoms with Crippen LogP contribution in [0.1, 0.15) is 37.5 Å². The van der Waals surface area contributed by atoms with Gasteiger partial charge >= 0.3 is 50.2 Å². The van der Waals surface area contributed by atoms with Crippen LogP contribution < -0.4 is 0 Å². The van der Waals surface area contributed by atoms with Crippen molar-refractivity contribution in [1.82, 2.24) is 0 Å². The first kappa shape index (κ1) is 26.9. The molecule has 1 N–H and O–H groups in total. The molecule has 12 heteroatoms. The zero-order valence-electron chi connectivity index (χ0n) is 15.8. The number of phenolic OH excluding ortho intramolecular Hbond substituents is 1. The number of phenols is 1. The Bertz CT molecular complexity index is 863.